The number of hydrogen-bond donors (Lipinski definition) is 11. The number of rotatable bonds is 33. The molecular weight excluding hydrogens is 1680 g/mol. The maximum Gasteiger partial charge on any atom is 0.322 e. The van der Waals surface area contributed by atoms with Crippen LogP contribution in [-0.2, 0) is 101 Å². The van der Waals surface area contributed by atoms with E-state index >= 15 is 0 Å². The van der Waals surface area contributed by atoms with Gasteiger partial charge in [-0.2, -0.15) is 0 Å². The van der Waals surface area contributed by atoms with Crippen LogP contribution in [0.5, 0.6) is 0 Å². The minimum absolute atomic E-state index is 0.142. The summed E-state index contributed by atoms with van der Waals surface area (Å²) in [5, 5.41) is 33.3. The number of aliphatic carboxylic acids is 1. The van der Waals surface area contributed by atoms with Crippen molar-refractivity contribution in [1.29, 1.82) is 0 Å². The van der Waals surface area contributed by atoms with E-state index < -0.39 is 243 Å². The monoisotopic (exact) mass is 1810 g/mol. The zero-order valence-corrected chi connectivity index (χ0v) is 73.4. The van der Waals surface area contributed by atoms with Crippen LogP contribution in [0.4, 0.5) is 0 Å². The fraction of sp³-hybridized carbons (Fsp3) is 0.753. The number of amides is 20. The number of nitrogens with two attached hydrogens (primary N) is 1. The fourth-order valence-corrected chi connectivity index (χ4v) is 21.5. The van der Waals surface area contributed by atoms with Crippen LogP contribution in [0.2, 0.25) is 0 Å². The van der Waals surface area contributed by atoms with Gasteiger partial charge in [0.2, 0.25) is 118 Å². The Kier molecular flexibility index (Phi) is 32.5. The molecule has 13 aliphatic heterocycles. The summed E-state index contributed by atoms with van der Waals surface area (Å²) >= 11 is 0. The second kappa shape index (κ2) is 43.9. The third-order valence-electron chi connectivity index (χ3n) is 28.0. The predicted molar refractivity (Wildman–Crippen MR) is 451 cm³/mol. The van der Waals surface area contributed by atoms with E-state index in [2.05, 4.69) is 47.9 Å². The molecule has 14 atom stereocenters. The molecule has 13 aliphatic rings. The molecule has 13 heterocycles. The van der Waals surface area contributed by atoms with Crippen LogP contribution in [-0.4, -0.2) is 410 Å². The summed E-state index contributed by atoms with van der Waals surface area (Å²) in [6.45, 7) is 0.106. The Labute approximate surface area is 747 Å². The van der Waals surface area contributed by atoms with Gasteiger partial charge in [-0.3, -0.25) is 101 Å². The molecule has 13 rings (SSSR count). The first-order chi connectivity index (χ1) is 62.1. The predicted octanol–water partition coefficient (Wildman–Crippen LogP) is -6.86. The van der Waals surface area contributed by atoms with Crippen molar-refractivity contribution in [2.45, 2.75) is 271 Å². The first kappa shape index (κ1) is 95.4. The second-order valence-corrected chi connectivity index (χ2v) is 36.0. The quantitative estimate of drug-likeness (QED) is 0.0272. The van der Waals surface area contributed by atoms with E-state index in [4.69, 9.17) is 10.8 Å². The Morgan fingerprint density at radius 1 is 0.271 bits per heavy atom. The zero-order valence-electron chi connectivity index (χ0n) is 73.4. The molecule has 44 heteroatoms. The number of nitrogens with one attached hydrogen (secondary N) is 9. The van der Waals surface area contributed by atoms with Crippen LogP contribution >= 0.6 is 0 Å². The largest absolute Gasteiger partial charge is 0.480 e. The van der Waals surface area contributed by atoms with E-state index in [0.717, 1.165) is 13.0 Å². The third-order valence-corrected chi connectivity index (χ3v) is 28.0. The molecular formula is C85H126N22O22. The van der Waals surface area contributed by atoms with Crippen LogP contribution < -0.4 is 53.6 Å². The van der Waals surface area contributed by atoms with E-state index in [1.807, 2.05) is 0 Å². The van der Waals surface area contributed by atoms with Gasteiger partial charge in [-0.25, -0.2) is 0 Å². The van der Waals surface area contributed by atoms with Gasteiger partial charge in [-0.05, 0) is 199 Å². The minimum atomic E-state index is -1.23. The highest BCUT2D eigenvalue weighted by Crippen LogP contribution is 2.33. The van der Waals surface area contributed by atoms with E-state index in [9.17, 15) is 101 Å². The van der Waals surface area contributed by atoms with Crippen molar-refractivity contribution in [1.82, 2.24) is 107 Å². The van der Waals surface area contributed by atoms with E-state index in [1.165, 1.54) is 53.9 Å². The van der Waals surface area contributed by atoms with Crippen molar-refractivity contribution in [3.8, 4) is 0 Å². The average Bonchev–Trinajstić information content (AvgIpc) is 1.69. The summed E-state index contributed by atoms with van der Waals surface area (Å²) in [7, 11) is 0. The van der Waals surface area contributed by atoms with Crippen molar-refractivity contribution in [3.05, 3.63) is 0 Å². The van der Waals surface area contributed by atoms with Crippen LogP contribution in [0.1, 0.15) is 186 Å². The zero-order chi connectivity index (χ0) is 91.9. The Morgan fingerprint density at radius 3 is 0.760 bits per heavy atom. The van der Waals surface area contributed by atoms with Crippen LogP contribution in [0, 0.1) is 0 Å². The van der Waals surface area contributed by atoms with Crippen LogP contribution in [0.15, 0.2) is 0 Å². The number of nitrogens with zero attached hydrogens (tertiary/aromatic N) is 12. The summed E-state index contributed by atoms with van der Waals surface area (Å²) in [5.41, 5.74) is 5.77. The highest BCUT2D eigenvalue weighted by atomic mass is 16.4. The summed E-state index contributed by atoms with van der Waals surface area (Å²) in [6.07, 6.45) is 12.0. The molecule has 44 nitrogen and oxygen atoms in total. The van der Waals surface area contributed by atoms with Crippen molar-refractivity contribution < 1.29 is 106 Å². The summed E-state index contributed by atoms with van der Waals surface area (Å²) in [6, 6.07) is -12.7. The number of likely N-dealkylation sites (tertiary alicyclic amines) is 12. The number of unbranched alkanes of at least 4 members (excludes halogenated alkanes) is 1. The average molecular weight is 1810 g/mol. The number of carboxylic acids is 1. The first-order valence-corrected chi connectivity index (χ1v) is 46.6. The van der Waals surface area contributed by atoms with Gasteiger partial charge in [0.15, 0.2) is 0 Å². The van der Waals surface area contributed by atoms with Gasteiger partial charge in [-0.15, -0.1) is 0 Å². The molecule has 0 aromatic rings. The van der Waals surface area contributed by atoms with Crippen LogP contribution in [0.25, 0.3) is 0 Å². The second-order valence-electron chi connectivity index (χ2n) is 36.0. The molecule has 0 unspecified atom stereocenters. The highest BCUT2D eigenvalue weighted by Gasteiger charge is 2.51. The van der Waals surface area contributed by atoms with Crippen molar-refractivity contribution >= 4 is 124 Å². The summed E-state index contributed by atoms with van der Waals surface area (Å²) in [4.78, 5) is 305. The molecule has 20 amide bonds. The Balaban J connectivity index is 0.520. The maximum absolute atomic E-state index is 14.5. The van der Waals surface area contributed by atoms with Gasteiger partial charge in [0.05, 0.1) is 45.3 Å². The molecule has 0 spiro atoms. The topological polar surface area (TPSA) is 552 Å². The van der Waals surface area contributed by atoms with Gasteiger partial charge in [0.25, 0.3) is 0 Å². The molecule has 0 aliphatic carbocycles. The first-order valence-electron chi connectivity index (χ1n) is 46.6. The lowest BCUT2D eigenvalue weighted by atomic mass is 10.1. The smallest absolute Gasteiger partial charge is 0.322 e. The van der Waals surface area contributed by atoms with Crippen molar-refractivity contribution in [2.24, 2.45) is 5.73 Å². The Morgan fingerprint density at radius 2 is 0.504 bits per heavy atom. The minimum Gasteiger partial charge on any atom is -0.480 e. The maximum atomic E-state index is 14.5. The van der Waals surface area contributed by atoms with Gasteiger partial charge in [0.1, 0.15) is 85.1 Å². The molecule has 0 aromatic heterocycles. The fourth-order valence-electron chi connectivity index (χ4n) is 21.5. The number of carboxylic acid groups (broad SMARTS) is 1. The normalized spacial score (nSPS) is 26.9. The molecule has 0 saturated carbocycles. The molecule has 13 saturated heterocycles. The number of carbonyl (C=O) groups excluding carboxylic acids is 20. The molecule has 129 heavy (non-hydrogen) atoms. The Hall–Kier alpha value is -11.2. The van der Waals surface area contributed by atoms with E-state index in [1.54, 1.807) is 4.90 Å². The van der Waals surface area contributed by atoms with Crippen molar-refractivity contribution in [3.63, 3.8) is 0 Å². The van der Waals surface area contributed by atoms with E-state index in [0.29, 0.717) is 129 Å². The molecule has 0 radical (unpaired) electrons. The number of carbonyl (C=O) groups is 21. The van der Waals surface area contributed by atoms with Gasteiger partial charge < -0.3 is 117 Å². The molecule has 13 fully saturated rings. The van der Waals surface area contributed by atoms with Gasteiger partial charge in [0, 0.05) is 78.5 Å². The highest BCUT2D eigenvalue weighted by molar-refractivity contribution is 6.02. The lowest BCUT2D eigenvalue weighted by Gasteiger charge is -2.32. The van der Waals surface area contributed by atoms with E-state index in [-0.39, 0.29) is 148 Å². The molecule has 12 N–H and O–H groups in total. The third kappa shape index (κ3) is 22.1. The standard InChI is InChI=1S/C85H126N22O22/c86-30-2-1-16-52(95-65(108)44-88-72(116)53-18-4-37-101(53)79(123)51-17-3-31-87-51)80(124)102-38-5-19-54(102)73(117)89-45-66(109)96-32-11-25-60(96)81(125)103-39-6-20-55(103)74(118)90-46-67(110)97-33-12-26-61(97)82(126)104-40-7-21-56(104)75(119)91-47-68(111)98-34-13-27-62(98)83(127)105-41-8-22-57(105)76(120)92-48-69(112)99-35-14-28-63(99)84(128)106-42-9-23-58(106)77(121)93-49-70(113)100-36-15-29-64(100)85(129)107-43-10-24-59(107)78(122)94-50-71(114)115/h51-64,87H,1-50,86H2,(H,88,116)(H,89,117)(H,90,118)(H,91,119)(H,92,120)(H,93,121)(H,94,122)(H,95,108)(H,114,115)/t51-,52-,53-,54-,55-,56-,57-,58-,59-,60-,61-,62-,63-,64-/m0/s1. The SMILES string of the molecule is NCCCC[C@H](NC(=O)CNC(=O)[C@@H]1CCCN1C(=O)[C@@H]1CCCN1)C(=O)N1CCC[C@H]1C(=O)NCC(=O)N1CCC[C@H]1C(=O)N1CCC[C@H]1C(=O)NCC(=O)N1CCC[C@H]1C(=O)N1CCC[C@H]1C(=O)NCC(=O)N1CCC[C@H]1C(=O)N1CCC[C@H]1C(=O)NCC(=O)N1CCC[C@H]1C(=O)N1CCC[C@H]1C(=O)NCC(=O)N1CCC[C@H]1C(=O)N1CCC[C@H]1C(=O)NCC(=O)O. The summed E-state index contributed by atoms with van der Waals surface area (Å²) < 4.78 is 0. The lowest BCUT2D eigenvalue weighted by molar-refractivity contribution is -0.148. The van der Waals surface area contributed by atoms with Gasteiger partial charge >= 0.3 is 5.97 Å². The van der Waals surface area contributed by atoms with Crippen molar-refractivity contribution in [2.75, 3.05) is 137 Å². The molecule has 0 bridgehead atoms. The Bertz CT molecular complexity index is 4300. The van der Waals surface area contributed by atoms with Gasteiger partial charge in [-0.1, -0.05) is 0 Å². The summed E-state index contributed by atoms with van der Waals surface area (Å²) in [5.74, 6) is -11.8. The number of hydrogen-bond acceptors (Lipinski definition) is 23. The van der Waals surface area contributed by atoms with Crippen LogP contribution in [0.3, 0.4) is 0 Å². The lowest BCUT2D eigenvalue weighted by Crippen LogP contribution is -2.57. The molecule has 708 valence electrons. The molecule has 0 aromatic carbocycles.